The summed E-state index contributed by atoms with van der Waals surface area (Å²) in [5, 5.41) is 5.17. The van der Waals surface area contributed by atoms with Crippen LogP contribution in [0.2, 0.25) is 0 Å². The maximum atomic E-state index is 13.0. The first-order valence-corrected chi connectivity index (χ1v) is 10.6. The molecule has 7 nitrogen and oxygen atoms in total. The zero-order valence-electron chi connectivity index (χ0n) is 18.4. The van der Waals surface area contributed by atoms with Crippen molar-refractivity contribution in [2.45, 2.75) is 13.5 Å². The van der Waals surface area contributed by atoms with Crippen molar-refractivity contribution in [3.8, 4) is 5.75 Å². The summed E-state index contributed by atoms with van der Waals surface area (Å²) in [5.74, 6) is -0.764. The molecule has 8 heteroatoms. The van der Waals surface area contributed by atoms with Gasteiger partial charge in [0.15, 0.2) is 0 Å². The van der Waals surface area contributed by atoms with E-state index in [9.17, 15) is 18.8 Å². The SMILES string of the molecule is Cc1ccc(NC(=O)CN2C(=O)N/C(=C/c3ccc(OCc4ccc(F)cc4)cc3)C2=O)cc1. The predicted molar refractivity (Wildman–Crippen MR) is 125 cm³/mol. The highest BCUT2D eigenvalue weighted by Crippen LogP contribution is 2.19. The minimum Gasteiger partial charge on any atom is -0.489 e. The van der Waals surface area contributed by atoms with Gasteiger partial charge >= 0.3 is 6.03 Å². The summed E-state index contributed by atoms with van der Waals surface area (Å²) in [7, 11) is 0. The van der Waals surface area contributed by atoms with E-state index in [1.807, 2.05) is 19.1 Å². The van der Waals surface area contributed by atoms with E-state index in [1.165, 1.54) is 18.2 Å². The summed E-state index contributed by atoms with van der Waals surface area (Å²) in [6.07, 6.45) is 1.53. The molecule has 3 aromatic rings. The topological polar surface area (TPSA) is 87.7 Å². The Morgan fingerprint density at radius 3 is 2.35 bits per heavy atom. The van der Waals surface area contributed by atoms with Gasteiger partial charge in [0.05, 0.1) is 0 Å². The van der Waals surface area contributed by atoms with Crippen LogP contribution < -0.4 is 15.4 Å². The summed E-state index contributed by atoms with van der Waals surface area (Å²) in [6.45, 7) is 1.82. The van der Waals surface area contributed by atoms with Crippen molar-refractivity contribution in [2.75, 3.05) is 11.9 Å². The molecule has 34 heavy (non-hydrogen) atoms. The highest BCUT2D eigenvalue weighted by molar-refractivity contribution is 6.15. The number of halogens is 1. The third-order valence-corrected chi connectivity index (χ3v) is 5.11. The van der Waals surface area contributed by atoms with Crippen molar-refractivity contribution >= 4 is 29.6 Å². The van der Waals surface area contributed by atoms with Crippen LogP contribution in [0.15, 0.2) is 78.5 Å². The van der Waals surface area contributed by atoms with Crippen molar-refractivity contribution in [3.05, 3.63) is 101 Å². The third-order valence-electron chi connectivity index (χ3n) is 5.11. The number of hydrogen-bond acceptors (Lipinski definition) is 4. The van der Waals surface area contributed by atoms with Gasteiger partial charge in [0.25, 0.3) is 5.91 Å². The Kier molecular flexibility index (Phi) is 6.68. The van der Waals surface area contributed by atoms with Gasteiger partial charge in [-0.25, -0.2) is 14.1 Å². The van der Waals surface area contributed by atoms with Crippen LogP contribution in [0.5, 0.6) is 5.75 Å². The Labute approximate surface area is 195 Å². The molecule has 1 aliphatic heterocycles. The van der Waals surface area contributed by atoms with E-state index in [0.717, 1.165) is 16.0 Å². The van der Waals surface area contributed by atoms with Crippen LogP contribution in [0.1, 0.15) is 16.7 Å². The van der Waals surface area contributed by atoms with E-state index in [4.69, 9.17) is 4.74 Å². The van der Waals surface area contributed by atoms with Gasteiger partial charge in [0.1, 0.15) is 30.4 Å². The minimum absolute atomic E-state index is 0.0770. The second-order valence-corrected chi connectivity index (χ2v) is 7.78. The molecule has 0 atom stereocenters. The average molecular weight is 459 g/mol. The predicted octanol–water partition coefficient (Wildman–Crippen LogP) is 4.24. The molecule has 172 valence electrons. The number of nitrogens with zero attached hydrogens (tertiary/aromatic N) is 1. The van der Waals surface area contributed by atoms with Crippen molar-refractivity contribution < 1.29 is 23.5 Å². The Morgan fingerprint density at radius 2 is 1.68 bits per heavy atom. The molecule has 2 N–H and O–H groups in total. The summed E-state index contributed by atoms with van der Waals surface area (Å²) in [5.41, 5.74) is 3.21. The lowest BCUT2D eigenvalue weighted by Crippen LogP contribution is -2.38. The van der Waals surface area contributed by atoms with Gasteiger partial charge in [-0.3, -0.25) is 9.59 Å². The summed E-state index contributed by atoms with van der Waals surface area (Å²) in [6, 6.07) is 19.5. The van der Waals surface area contributed by atoms with Crippen LogP contribution in [0.25, 0.3) is 6.08 Å². The number of aryl methyl sites for hydroxylation is 1. The molecule has 0 spiro atoms. The minimum atomic E-state index is -0.658. The highest BCUT2D eigenvalue weighted by Gasteiger charge is 2.34. The van der Waals surface area contributed by atoms with Crippen molar-refractivity contribution in [1.29, 1.82) is 0 Å². The van der Waals surface area contributed by atoms with E-state index < -0.39 is 24.4 Å². The van der Waals surface area contributed by atoms with E-state index in [2.05, 4.69) is 10.6 Å². The fourth-order valence-corrected chi connectivity index (χ4v) is 3.27. The highest BCUT2D eigenvalue weighted by atomic mass is 19.1. The van der Waals surface area contributed by atoms with Crippen LogP contribution >= 0.6 is 0 Å². The normalized spacial score (nSPS) is 14.3. The van der Waals surface area contributed by atoms with Gasteiger partial charge in [0.2, 0.25) is 5.91 Å². The number of anilines is 1. The molecule has 0 radical (unpaired) electrons. The molecule has 0 bridgehead atoms. The Morgan fingerprint density at radius 1 is 1.00 bits per heavy atom. The lowest BCUT2D eigenvalue weighted by molar-refractivity contribution is -0.127. The number of benzene rings is 3. The molecule has 0 saturated carbocycles. The van der Waals surface area contributed by atoms with Crippen LogP contribution in [-0.4, -0.2) is 29.3 Å². The Bertz CT molecular complexity index is 1240. The second-order valence-electron chi connectivity index (χ2n) is 7.78. The number of hydrogen-bond donors (Lipinski definition) is 2. The van der Waals surface area contributed by atoms with Crippen LogP contribution in [-0.2, 0) is 16.2 Å². The molecule has 0 aliphatic carbocycles. The summed E-state index contributed by atoms with van der Waals surface area (Å²) < 4.78 is 18.7. The lowest BCUT2D eigenvalue weighted by Gasteiger charge is -2.12. The summed E-state index contributed by atoms with van der Waals surface area (Å²) >= 11 is 0. The van der Waals surface area contributed by atoms with Crippen molar-refractivity contribution in [2.24, 2.45) is 0 Å². The number of carbonyl (C=O) groups excluding carboxylic acids is 3. The number of imide groups is 1. The maximum absolute atomic E-state index is 13.0. The zero-order valence-corrected chi connectivity index (χ0v) is 18.4. The molecule has 0 aromatic heterocycles. The van der Waals surface area contributed by atoms with Gasteiger partial charge in [-0.1, -0.05) is 42.0 Å². The van der Waals surface area contributed by atoms with Crippen molar-refractivity contribution in [3.63, 3.8) is 0 Å². The number of carbonyl (C=O) groups is 3. The first-order valence-electron chi connectivity index (χ1n) is 10.6. The van der Waals surface area contributed by atoms with Crippen LogP contribution in [0.4, 0.5) is 14.9 Å². The smallest absolute Gasteiger partial charge is 0.329 e. The molecular formula is C26H22FN3O4. The molecule has 1 heterocycles. The third kappa shape index (κ3) is 5.66. The lowest BCUT2D eigenvalue weighted by atomic mass is 10.2. The van der Waals surface area contributed by atoms with Gasteiger partial charge in [-0.15, -0.1) is 0 Å². The molecule has 0 unspecified atom stereocenters. The van der Waals surface area contributed by atoms with Crippen LogP contribution in [0.3, 0.4) is 0 Å². The standard InChI is InChI=1S/C26H22FN3O4/c1-17-2-10-21(11-3-17)28-24(31)15-30-25(32)23(29-26(30)33)14-18-6-12-22(13-7-18)34-16-19-4-8-20(27)9-5-19/h2-14H,15-16H2,1H3,(H,28,31)(H,29,33)/b23-14+. The van der Waals surface area contributed by atoms with E-state index in [-0.39, 0.29) is 18.1 Å². The molecule has 3 aromatic carbocycles. The van der Waals surface area contributed by atoms with E-state index in [1.54, 1.807) is 48.5 Å². The van der Waals surface area contributed by atoms with Gasteiger partial charge in [0, 0.05) is 5.69 Å². The van der Waals surface area contributed by atoms with Gasteiger partial charge < -0.3 is 15.4 Å². The van der Waals surface area contributed by atoms with Crippen molar-refractivity contribution in [1.82, 2.24) is 10.2 Å². The molecule has 4 amide bonds. The van der Waals surface area contributed by atoms with Crippen LogP contribution in [0, 0.1) is 12.7 Å². The quantitative estimate of drug-likeness (QED) is 0.409. The second kappa shape index (κ2) is 9.99. The Hall–Kier alpha value is -4.46. The molecule has 4 rings (SSSR count). The fourth-order valence-electron chi connectivity index (χ4n) is 3.27. The molecule has 1 saturated heterocycles. The van der Waals surface area contributed by atoms with E-state index >= 15 is 0 Å². The number of rotatable bonds is 7. The Balaban J connectivity index is 1.35. The molecular weight excluding hydrogens is 437 g/mol. The molecule has 1 fully saturated rings. The van der Waals surface area contributed by atoms with E-state index in [0.29, 0.717) is 17.0 Å². The average Bonchev–Trinajstić information content (AvgIpc) is 3.08. The number of nitrogens with one attached hydrogen (secondary N) is 2. The summed E-state index contributed by atoms with van der Waals surface area (Å²) in [4.78, 5) is 38.0. The maximum Gasteiger partial charge on any atom is 0.329 e. The number of ether oxygens (including phenoxy) is 1. The number of amides is 4. The molecule has 1 aliphatic rings. The first kappa shape index (κ1) is 22.7. The first-order chi connectivity index (χ1) is 16.4. The largest absolute Gasteiger partial charge is 0.489 e. The fraction of sp³-hybridized carbons (Fsp3) is 0.115. The zero-order chi connectivity index (χ0) is 24.1. The van der Waals surface area contributed by atoms with Gasteiger partial charge in [-0.2, -0.15) is 0 Å². The number of urea groups is 1. The van der Waals surface area contributed by atoms with Gasteiger partial charge in [-0.05, 0) is 60.5 Å². The monoisotopic (exact) mass is 459 g/mol.